The highest BCUT2D eigenvalue weighted by atomic mass is 16.5. The Morgan fingerprint density at radius 1 is 0.741 bits per heavy atom. The maximum atomic E-state index is 12.6. The van der Waals surface area contributed by atoms with E-state index in [-0.39, 0.29) is 11.8 Å². The van der Waals surface area contributed by atoms with E-state index in [0.717, 1.165) is 5.56 Å². The van der Waals surface area contributed by atoms with Crippen LogP contribution in [0.4, 0.5) is 11.4 Å². The van der Waals surface area contributed by atoms with Gasteiger partial charge in [0.25, 0.3) is 11.8 Å². The molecule has 0 aliphatic carbocycles. The van der Waals surface area contributed by atoms with Gasteiger partial charge in [0.15, 0.2) is 0 Å². The predicted octanol–water partition coefficient (Wildman–Crippen LogP) is 4.51. The molecule has 0 unspecified atom stereocenters. The molecule has 136 valence electrons. The van der Waals surface area contributed by atoms with Gasteiger partial charge >= 0.3 is 0 Å². The van der Waals surface area contributed by atoms with Crippen LogP contribution >= 0.6 is 0 Å². The Hall–Kier alpha value is -3.60. The van der Waals surface area contributed by atoms with Crippen molar-refractivity contribution in [3.8, 4) is 5.75 Å². The number of amides is 2. The number of nitrogens with one attached hydrogen (secondary N) is 2. The fourth-order valence-corrected chi connectivity index (χ4v) is 2.71. The van der Waals surface area contributed by atoms with Crippen LogP contribution < -0.4 is 15.4 Å². The van der Waals surface area contributed by atoms with Gasteiger partial charge in [-0.05, 0) is 48.9 Å². The van der Waals surface area contributed by atoms with Crippen LogP contribution in [0.5, 0.6) is 5.75 Å². The molecule has 0 atom stereocenters. The number of carbonyl (C=O) groups excluding carboxylic acids is 2. The molecule has 3 aromatic carbocycles. The standard InChI is InChI=1S/C22H20N2O3/c1-15-18(23-21(25)16-9-4-3-5-10-16)12-8-13-19(15)24-22(26)17-11-6-7-14-20(17)27-2/h3-14H,1-2H3,(H,23,25)(H,24,26). The number of benzene rings is 3. The van der Waals surface area contributed by atoms with Crippen LogP contribution in [0.3, 0.4) is 0 Å². The van der Waals surface area contributed by atoms with E-state index in [9.17, 15) is 9.59 Å². The smallest absolute Gasteiger partial charge is 0.259 e. The lowest BCUT2D eigenvalue weighted by atomic mass is 10.1. The summed E-state index contributed by atoms with van der Waals surface area (Å²) in [6, 6.07) is 21.4. The van der Waals surface area contributed by atoms with Gasteiger partial charge in [-0.1, -0.05) is 36.4 Å². The summed E-state index contributed by atoms with van der Waals surface area (Å²) in [5.74, 6) is 0.0233. The summed E-state index contributed by atoms with van der Waals surface area (Å²) in [7, 11) is 1.52. The largest absolute Gasteiger partial charge is 0.496 e. The molecule has 0 bridgehead atoms. The van der Waals surface area contributed by atoms with Crippen LogP contribution in [-0.4, -0.2) is 18.9 Å². The van der Waals surface area contributed by atoms with Gasteiger partial charge in [-0.2, -0.15) is 0 Å². The van der Waals surface area contributed by atoms with Crippen molar-refractivity contribution in [2.75, 3.05) is 17.7 Å². The van der Waals surface area contributed by atoms with Crippen LogP contribution in [0.2, 0.25) is 0 Å². The summed E-state index contributed by atoms with van der Waals surface area (Å²) in [5.41, 5.74) is 3.04. The highest BCUT2D eigenvalue weighted by Gasteiger charge is 2.14. The first-order chi connectivity index (χ1) is 13.1. The number of methoxy groups -OCH3 is 1. The third kappa shape index (κ3) is 4.15. The van der Waals surface area contributed by atoms with Crippen LogP contribution in [0.15, 0.2) is 72.8 Å². The first-order valence-electron chi connectivity index (χ1n) is 8.50. The van der Waals surface area contributed by atoms with Gasteiger partial charge in [-0.3, -0.25) is 9.59 Å². The van der Waals surface area contributed by atoms with Crippen LogP contribution in [0.1, 0.15) is 26.3 Å². The molecule has 0 aliphatic rings. The topological polar surface area (TPSA) is 67.4 Å². The number of carbonyl (C=O) groups is 2. The summed E-state index contributed by atoms with van der Waals surface area (Å²) >= 11 is 0. The van der Waals surface area contributed by atoms with Crippen LogP contribution in [-0.2, 0) is 0 Å². The van der Waals surface area contributed by atoms with Crippen LogP contribution in [0, 0.1) is 6.92 Å². The van der Waals surface area contributed by atoms with Crippen molar-refractivity contribution in [2.45, 2.75) is 6.92 Å². The fraction of sp³-hybridized carbons (Fsp3) is 0.0909. The van der Waals surface area contributed by atoms with E-state index in [4.69, 9.17) is 4.74 Å². The van der Waals surface area contributed by atoms with Gasteiger partial charge in [0.1, 0.15) is 5.75 Å². The summed E-state index contributed by atoms with van der Waals surface area (Å²) < 4.78 is 5.24. The molecule has 0 heterocycles. The highest BCUT2D eigenvalue weighted by Crippen LogP contribution is 2.26. The summed E-state index contributed by atoms with van der Waals surface area (Å²) in [5, 5.41) is 5.77. The van der Waals surface area contributed by atoms with Crippen molar-refractivity contribution in [3.63, 3.8) is 0 Å². The Morgan fingerprint density at radius 3 is 2.00 bits per heavy atom. The molecule has 27 heavy (non-hydrogen) atoms. The molecule has 0 aromatic heterocycles. The monoisotopic (exact) mass is 360 g/mol. The van der Waals surface area contributed by atoms with Crippen molar-refractivity contribution in [3.05, 3.63) is 89.5 Å². The van der Waals surface area contributed by atoms with E-state index in [1.165, 1.54) is 7.11 Å². The van der Waals surface area contributed by atoms with Crippen LogP contribution in [0.25, 0.3) is 0 Å². The average Bonchev–Trinajstić information content (AvgIpc) is 2.71. The molecule has 3 rings (SSSR count). The van der Waals surface area contributed by atoms with Gasteiger partial charge in [0.2, 0.25) is 0 Å². The molecule has 5 heteroatoms. The zero-order valence-electron chi connectivity index (χ0n) is 15.2. The van der Waals surface area contributed by atoms with E-state index in [0.29, 0.717) is 28.3 Å². The lowest BCUT2D eigenvalue weighted by Gasteiger charge is -2.14. The van der Waals surface area contributed by atoms with Gasteiger partial charge in [-0.25, -0.2) is 0 Å². The minimum Gasteiger partial charge on any atom is -0.496 e. The van der Waals surface area contributed by atoms with Crippen molar-refractivity contribution in [1.29, 1.82) is 0 Å². The molecule has 2 N–H and O–H groups in total. The first-order valence-corrected chi connectivity index (χ1v) is 8.50. The lowest BCUT2D eigenvalue weighted by molar-refractivity contribution is 0.101. The Morgan fingerprint density at radius 2 is 1.33 bits per heavy atom. The third-order valence-electron chi connectivity index (χ3n) is 4.22. The molecule has 0 saturated carbocycles. The predicted molar refractivity (Wildman–Crippen MR) is 107 cm³/mol. The quantitative estimate of drug-likeness (QED) is 0.703. The molecule has 0 saturated heterocycles. The Kier molecular flexibility index (Phi) is 5.52. The molecule has 2 amide bonds. The van der Waals surface area contributed by atoms with E-state index in [1.54, 1.807) is 54.6 Å². The number of hydrogen-bond acceptors (Lipinski definition) is 3. The Labute approximate surface area is 158 Å². The van der Waals surface area contributed by atoms with E-state index >= 15 is 0 Å². The number of ether oxygens (including phenoxy) is 1. The molecule has 0 fully saturated rings. The zero-order chi connectivity index (χ0) is 19.2. The van der Waals surface area contributed by atoms with Gasteiger partial charge < -0.3 is 15.4 Å². The minimum atomic E-state index is -0.276. The molecular formula is C22H20N2O3. The number of para-hydroxylation sites is 1. The van der Waals surface area contributed by atoms with Crippen molar-refractivity contribution in [2.24, 2.45) is 0 Å². The number of anilines is 2. The molecule has 0 radical (unpaired) electrons. The van der Waals surface area contributed by atoms with Crippen molar-refractivity contribution < 1.29 is 14.3 Å². The maximum Gasteiger partial charge on any atom is 0.259 e. The second-order valence-electron chi connectivity index (χ2n) is 5.95. The maximum absolute atomic E-state index is 12.6. The average molecular weight is 360 g/mol. The van der Waals surface area contributed by atoms with E-state index in [1.807, 2.05) is 25.1 Å². The van der Waals surface area contributed by atoms with Gasteiger partial charge in [0, 0.05) is 16.9 Å². The Balaban J connectivity index is 1.81. The number of hydrogen-bond donors (Lipinski definition) is 2. The molecular weight excluding hydrogens is 340 g/mol. The summed E-state index contributed by atoms with van der Waals surface area (Å²) in [4.78, 5) is 25.0. The molecule has 0 aliphatic heterocycles. The highest BCUT2D eigenvalue weighted by molar-refractivity contribution is 6.08. The fourth-order valence-electron chi connectivity index (χ4n) is 2.71. The van der Waals surface area contributed by atoms with Crippen molar-refractivity contribution >= 4 is 23.2 Å². The third-order valence-corrected chi connectivity index (χ3v) is 4.22. The first kappa shape index (κ1) is 18.2. The summed E-state index contributed by atoms with van der Waals surface area (Å²) in [6.45, 7) is 1.85. The summed E-state index contributed by atoms with van der Waals surface area (Å²) in [6.07, 6.45) is 0. The molecule has 5 nitrogen and oxygen atoms in total. The van der Waals surface area contributed by atoms with Crippen molar-refractivity contribution in [1.82, 2.24) is 0 Å². The zero-order valence-corrected chi connectivity index (χ0v) is 15.2. The minimum absolute atomic E-state index is 0.202. The molecule has 3 aromatic rings. The van der Waals surface area contributed by atoms with E-state index in [2.05, 4.69) is 10.6 Å². The van der Waals surface area contributed by atoms with E-state index < -0.39 is 0 Å². The second kappa shape index (κ2) is 8.19. The SMILES string of the molecule is COc1ccccc1C(=O)Nc1cccc(NC(=O)c2ccccc2)c1C. The second-order valence-corrected chi connectivity index (χ2v) is 5.95. The van der Waals surface area contributed by atoms with Gasteiger partial charge in [0.05, 0.1) is 12.7 Å². The lowest BCUT2D eigenvalue weighted by Crippen LogP contribution is -2.16. The van der Waals surface area contributed by atoms with Gasteiger partial charge in [-0.15, -0.1) is 0 Å². The molecule has 0 spiro atoms. The normalized spacial score (nSPS) is 10.1. The number of rotatable bonds is 5. The Bertz CT molecular complexity index is 968.